The second-order valence-electron chi connectivity index (χ2n) is 10.5. The van der Waals surface area contributed by atoms with E-state index >= 15 is 0 Å². The Kier molecular flexibility index (Phi) is 7.04. The first kappa shape index (κ1) is 28.5. The fraction of sp³-hybridized carbons (Fsp3) is 0.323. The van der Waals surface area contributed by atoms with Gasteiger partial charge in [-0.25, -0.2) is 0 Å². The molecule has 0 bridgehead atoms. The maximum absolute atomic E-state index is 14.1. The van der Waals surface area contributed by atoms with E-state index in [1.807, 2.05) is 0 Å². The molecule has 2 aromatic rings. The summed E-state index contributed by atoms with van der Waals surface area (Å²) in [6, 6.07) is 1.25. The maximum Gasteiger partial charge on any atom is 0.195 e. The molecular weight excluding hydrogens is 516 g/mol. The van der Waals surface area contributed by atoms with Crippen LogP contribution in [0.1, 0.15) is 123 Å². The minimum absolute atomic E-state index is 0.00249. The normalized spacial score (nSPS) is 15.3. The second-order valence-corrected chi connectivity index (χ2v) is 10.5. The lowest BCUT2D eigenvalue weighted by Gasteiger charge is -2.29. The van der Waals surface area contributed by atoms with Gasteiger partial charge in [-0.2, -0.15) is 0 Å². The van der Waals surface area contributed by atoms with Crippen molar-refractivity contribution in [1.29, 1.82) is 0 Å². The lowest BCUT2D eigenvalue weighted by atomic mass is 9.71. The summed E-state index contributed by atoms with van der Waals surface area (Å²) in [6.07, 6.45) is 0.165. The van der Waals surface area contributed by atoms with Crippen molar-refractivity contribution in [2.24, 2.45) is 0 Å². The number of phenolic OH excluding ortho intramolecular Hbond substituents is 3. The molecule has 2 aliphatic rings. The molecule has 0 saturated carbocycles. The number of ketones is 4. The SMILES string of the molecule is CCOc1cc2c(c(C(C)C)c1O)C(=O)C(C)=C(C1=C(C)C(=O)c3c(c(C=O)c(O)c(O)c3C(C)C)C1=O)C2=O. The highest BCUT2D eigenvalue weighted by atomic mass is 16.5. The van der Waals surface area contributed by atoms with Crippen molar-refractivity contribution in [3.05, 3.63) is 67.3 Å². The minimum atomic E-state index is -0.904. The summed E-state index contributed by atoms with van der Waals surface area (Å²) in [5.74, 6) is -5.63. The highest BCUT2D eigenvalue weighted by Gasteiger charge is 2.44. The van der Waals surface area contributed by atoms with Crippen LogP contribution in [0.2, 0.25) is 0 Å². The van der Waals surface area contributed by atoms with E-state index in [1.165, 1.54) is 19.9 Å². The third-order valence-corrected chi connectivity index (χ3v) is 7.46. The smallest absolute Gasteiger partial charge is 0.195 e. The summed E-state index contributed by atoms with van der Waals surface area (Å²) in [7, 11) is 0. The van der Waals surface area contributed by atoms with Crippen LogP contribution in [0.3, 0.4) is 0 Å². The van der Waals surface area contributed by atoms with Gasteiger partial charge in [0.05, 0.1) is 12.2 Å². The Morgan fingerprint density at radius 1 is 0.725 bits per heavy atom. The quantitative estimate of drug-likeness (QED) is 0.321. The Hall–Kier alpha value is -4.53. The van der Waals surface area contributed by atoms with Crippen LogP contribution in [-0.2, 0) is 0 Å². The molecule has 2 aliphatic carbocycles. The number of hydrogen-bond acceptors (Lipinski definition) is 9. The molecule has 0 aliphatic heterocycles. The number of carbonyl (C=O) groups excluding carboxylic acids is 5. The third kappa shape index (κ3) is 3.79. The van der Waals surface area contributed by atoms with Crippen LogP contribution in [-0.4, -0.2) is 51.3 Å². The van der Waals surface area contributed by atoms with E-state index in [9.17, 15) is 39.3 Å². The van der Waals surface area contributed by atoms with Gasteiger partial charge in [0, 0.05) is 55.7 Å². The summed E-state index contributed by atoms with van der Waals surface area (Å²) < 4.78 is 5.53. The van der Waals surface area contributed by atoms with Gasteiger partial charge in [-0.05, 0) is 38.7 Å². The molecule has 2 aromatic carbocycles. The number of ether oxygens (including phenoxy) is 1. The third-order valence-electron chi connectivity index (χ3n) is 7.46. The Morgan fingerprint density at radius 2 is 1.23 bits per heavy atom. The van der Waals surface area contributed by atoms with Crippen molar-refractivity contribution in [2.45, 2.75) is 60.3 Å². The van der Waals surface area contributed by atoms with Gasteiger partial charge in [0.1, 0.15) is 0 Å². The number of Topliss-reactive ketones (excluding diaryl/α,β-unsaturated/α-hetero) is 4. The Balaban J connectivity index is 2.07. The van der Waals surface area contributed by atoms with Gasteiger partial charge >= 0.3 is 0 Å². The summed E-state index contributed by atoms with van der Waals surface area (Å²) in [5, 5.41) is 32.1. The van der Waals surface area contributed by atoms with E-state index in [2.05, 4.69) is 0 Å². The average molecular weight is 547 g/mol. The molecular formula is C31H30O9. The number of carbonyl (C=O) groups is 5. The Morgan fingerprint density at radius 3 is 1.73 bits per heavy atom. The van der Waals surface area contributed by atoms with Crippen LogP contribution in [0.25, 0.3) is 0 Å². The fourth-order valence-corrected chi connectivity index (χ4v) is 5.63. The van der Waals surface area contributed by atoms with Crippen LogP contribution in [0.4, 0.5) is 0 Å². The van der Waals surface area contributed by atoms with E-state index < -0.39 is 51.7 Å². The zero-order valence-electron chi connectivity index (χ0n) is 23.3. The van der Waals surface area contributed by atoms with Gasteiger partial charge in [0.25, 0.3) is 0 Å². The number of aromatic hydroxyl groups is 3. The Labute approximate surface area is 230 Å². The molecule has 9 nitrogen and oxygen atoms in total. The molecule has 0 spiro atoms. The maximum atomic E-state index is 14.1. The van der Waals surface area contributed by atoms with E-state index in [-0.39, 0.29) is 80.4 Å². The van der Waals surface area contributed by atoms with E-state index in [0.29, 0.717) is 0 Å². The lowest BCUT2D eigenvalue weighted by Crippen LogP contribution is -2.31. The van der Waals surface area contributed by atoms with Crippen LogP contribution in [0.15, 0.2) is 28.4 Å². The number of phenols is 3. The number of allylic oxidation sites excluding steroid dienone is 4. The van der Waals surface area contributed by atoms with Crippen LogP contribution >= 0.6 is 0 Å². The van der Waals surface area contributed by atoms with Crippen LogP contribution in [0, 0.1) is 0 Å². The minimum Gasteiger partial charge on any atom is -0.504 e. The average Bonchev–Trinajstić information content (AvgIpc) is 2.89. The molecule has 40 heavy (non-hydrogen) atoms. The van der Waals surface area contributed by atoms with E-state index in [1.54, 1.807) is 34.6 Å². The second kappa shape index (κ2) is 9.89. The first-order valence-electron chi connectivity index (χ1n) is 12.9. The molecule has 0 fully saturated rings. The number of fused-ring (bicyclic) bond motifs is 2. The molecule has 9 heteroatoms. The molecule has 0 amide bonds. The molecule has 4 rings (SSSR count). The molecule has 0 radical (unpaired) electrons. The molecule has 0 heterocycles. The zero-order valence-corrected chi connectivity index (χ0v) is 23.3. The summed E-state index contributed by atoms with van der Waals surface area (Å²) in [6.45, 7) is 11.3. The van der Waals surface area contributed by atoms with Gasteiger partial charge in [-0.3, -0.25) is 24.0 Å². The van der Waals surface area contributed by atoms with Crippen molar-refractivity contribution in [2.75, 3.05) is 6.61 Å². The fourth-order valence-electron chi connectivity index (χ4n) is 5.63. The first-order chi connectivity index (χ1) is 18.7. The van der Waals surface area contributed by atoms with Crippen molar-refractivity contribution in [3.63, 3.8) is 0 Å². The monoisotopic (exact) mass is 546 g/mol. The number of hydrogen-bond donors (Lipinski definition) is 3. The molecule has 3 N–H and O–H groups in total. The van der Waals surface area contributed by atoms with Gasteiger partial charge in [0.2, 0.25) is 0 Å². The molecule has 0 unspecified atom stereocenters. The highest BCUT2D eigenvalue weighted by Crippen LogP contribution is 2.48. The largest absolute Gasteiger partial charge is 0.504 e. The zero-order chi connectivity index (χ0) is 30.0. The summed E-state index contributed by atoms with van der Waals surface area (Å²) in [5.41, 5.74) is -2.04. The number of rotatable bonds is 6. The van der Waals surface area contributed by atoms with E-state index in [0.717, 1.165) is 0 Å². The summed E-state index contributed by atoms with van der Waals surface area (Å²) >= 11 is 0. The Bertz CT molecular complexity index is 1630. The van der Waals surface area contributed by atoms with Gasteiger partial charge in [-0.1, -0.05) is 27.7 Å². The summed E-state index contributed by atoms with van der Waals surface area (Å²) in [4.78, 5) is 67.7. The van der Waals surface area contributed by atoms with Crippen molar-refractivity contribution >= 4 is 29.4 Å². The van der Waals surface area contributed by atoms with Crippen molar-refractivity contribution in [1.82, 2.24) is 0 Å². The molecule has 208 valence electrons. The number of benzene rings is 2. The lowest BCUT2D eigenvalue weighted by molar-refractivity contribution is 0.0949. The first-order valence-corrected chi connectivity index (χ1v) is 12.9. The topological polar surface area (TPSA) is 155 Å². The van der Waals surface area contributed by atoms with Crippen molar-refractivity contribution in [3.8, 4) is 23.0 Å². The predicted octanol–water partition coefficient (Wildman–Crippen LogP) is 5.35. The van der Waals surface area contributed by atoms with E-state index in [4.69, 9.17) is 4.74 Å². The highest BCUT2D eigenvalue weighted by molar-refractivity contribution is 6.38. The molecule has 0 atom stereocenters. The van der Waals surface area contributed by atoms with Gasteiger partial charge < -0.3 is 20.1 Å². The van der Waals surface area contributed by atoms with Crippen molar-refractivity contribution < 1.29 is 44.0 Å². The predicted molar refractivity (Wildman–Crippen MR) is 145 cm³/mol. The van der Waals surface area contributed by atoms with Crippen LogP contribution in [0.5, 0.6) is 23.0 Å². The molecule has 0 saturated heterocycles. The van der Waals surface area contributed by atoms with Gasteiger partial charge in [0.15, 0.2) is 52.4 Å². The standard InChI is InChI=1S/C31H30O9/c1-8-40-17-9-15-22(18(11(2)3)29(17)37)25(33)13(6)20(27(15)35)21-14(7)26(34)24-19(12(4)5)31(39)28(36)16(10-32)23(24)30(21)38/h9-12,36-37,39H,8H2,1-7H3. The number of aldehydes is 1. The molecule has 0 aromatic heterocycles. The van der Waals surface area contributed by atoms with Crippen LogP contribution < -0.4 is 4.74 Å². The van der Waals surface area contributed by atoms with Gasteiger partial charge in [-0.15, -0.1) is 0 Å².